The summed E-state index contributed by atoms with van der Waals surface area (Å²) in [4.78, 5) is 9.89. The number of sulfonamides is 1. The maximum atomic E-state index is 12.4. The van der Waals surface area contributed by atoms with Crippen LogP contribution in [0.5, 0.6) is 0 Å². The summed E-state index contributed by atoms with van der Waals surface area (Å²) in [6, 6.07) is 3.51. The standard InChI is InChI=1S/C11H15N3O4S/c1-13(9-3-2-4-9)19(17,18)11-7-8(12)5-6-10(11)14(15)16/h5-7,9H,2-4,12H2,1H3. The summed E-state index contributed by atoms with van der Waals surface area (Å²) in [5.41, 5.74) is 5.28. The molecule has 0 radical (unpaired) electrons. The third kappa shape index (κ3) is 2.41. The van der Waals surface area contributed by atoms with Gasteiger partial charge in [-0.05, 0) is 25.0 Å². The van der Waals surface area contributed by atoms with E-state index in [1.54, 1.807) is 0 Å². The molecular formula is C11H15N3O4S. The lowest BCUT2D eigenvalue weighted by Crippen LogP contribution is -2.41. The molecule has 2 N–H and O–H groups in total. The Hall–Kier alpha value is -1.67. The molecule has 19 heavy (non-hydrogen) atoms. The highest BCUT2D eigenvalue weighted by Gasteiger charge is 2.35. The number of hydrogen-bond acceptors (Lipinski definition) is 5. The number of nitro benzene ring substituents is 1. The summed E-state index contributed by atoms with van der Waals surface area (Å²) in [5.74, 6) is 0. The third-order valence-electron chi connectivity index (χ3n) is 3.43. The molecule has 1 saturated carbocycles. The average molecular weight is 285 g/mol. The first-order valence-electron chi connectivity index (χ1n) is 5.86. The molecule has 1 aliphatic carbocycles. The lowest BCUT2D eigenvalue weighted by Gasteiger charge is -2.33. The maximum Gasteiger partial charge on any atom is 0.289 e. The Balaban J connectivity index is 2.49. The van der Waals surface area contributed by atoms with E-state index in [0.717, 1.165) is 31.4 Å². The smallest absolute Gasteiger partial charge is 0.289 e. The zero-order chi connectivity index (χ0) is 14.2. The van der Waals surface area contributed by atoms with Crippen molar-refractivity contribution in [1.82, 2.24) is 4.31 Å². The molecule has 2 rings (SSSR count). The molecule has 1 aliphatic rings. The van der Waals surface area contributed by atoms with Crippen LogP contribution < -0.4 is 5.73 Å². The molecule has 0 amide bonds. The van der Waals surface area contributed by atoms with Gasteiger partial charge in [0.25, 0.3) is 5.69 Å². The second kappa shape index (κ2) is 4.78. The van der Waals surface area contributed by atoms with Crippen LogP contribution in [0, 0.1) is 10.1 Å². The molecule has 104 valence electrons. The van der Waals surface area contributed by atoms with Crippen molar-refractivity contribution < 1.29 is 13.3 Å². The van der Waals surface area contributed by atoms with Crippen LogP contribution >= 0.6 is 0 Å². The summed E-state index contributed by atoms with van der Waals surface area (Å²) in [7, 11) is -2.44. The molecule has 0 aromatic heterocycles. The van der Waals surface area contributed by atoms with Gasteiger partial charge in [0.1, 0.15) is 0 Å². The topological polar surface area (TPSA) is 107 Å². The fourth-order valence-electron chi connectivity index (χ4n) is 1.99. The van der Waals surface area contributed by atoms with Gasteiger partial charge in [-0.25, -0.2) is 8.42 Å². The highest BCUT2D eigenvalue weighted by molar-refractivity contribution is 7.89. The Labute approximate surface area is 111 Å². The fraction of sp³-hybridized carbons (Fsp3) is 0.455. The van der Waals surface area contributed by atoms with Crippen LogP contribution in [0.25, 0.3) is 0 Å². The van der Waals surface area contributed by atoms with E-state index in [4.69, 9.17) is 5.73 Å². The molecule has 1 fully saturated rings. The fourth-order valence-corrected chi connectivity index (χ4v) is 3.60. The first kappa shape index (κ1) is 13.8. The lowest BCUT2D eigenvalue weighted by molar-refractivity contribution is -0.387. The molecule has 7 nitrogen and oxygen atoms in total. The maximum absolute atomic E-state index is 12.4. The van der Waals surface area contributed by atoms with Crippen molar-refractivity contribution >= 4 is 21.4 Å². The largest absolute Gasteiger partial charge is 0.399 e. The summed E-state index contributed by atoms with van der Waals surface area (Å²) >= 11 is 0. The van der Waals surface area contributed by atoms with Crippen molar-refractivity contribution in [2.45, 2.75) is 30.2 Å². The Morgan fingerprint density at radius 2 is 2.05 bits per heavy atom. The molecule has 0 aliphatic heterocycles. The lowest BCUT2D eigenvalue weighted by atomic mass is 9.94. The monoisotopic (exact) mass is 285 g/mol. The molecule has 0 bridgehead atoms. The van der Waals surface area contributed by atoms with Gasteiger partial charge in [-0.3, -0.25) is 10.1 Å². The number of rotatable bonds is 4. The van der Waals surface area contributed by atoms with Crippen molar-refractivity contribution in [2.24, 2.45) is 0 Å². The molecule has 0 unspecified atom stereocenters. The summed E-state index contributed by atoms with van der Waals surface area (Å²) in [6.45, 7) is 0. The molecule has 8 heteroatoms. The summed E-state index contributed by atoms with van der Waals surface area (Å²) in [5, 5.41) is 10.9. The Morgan fingerprint density at radius 3 is 2.53 bits per heavy atom. The number of benzene rings is 1. The third-order valence-corrected chi connectivity index (χ3v) is 5.37. The second-order valence-corrected chi connectivity index (χ2v) is 6.56. The number of hydrogen-bond donors (Lipinski definition) is 1. The van der Waals surface area contributed by atoms with Gasteiger partial charge in [0.15, 0.2) is 4.90 Å². The van der Waals surface area contributed by atoms with Crippen molar-refractivity contribution in [2.75, 3.05) is 12.8 Å². The predicted molar refractivity (Wildman–Crippen MR) is 70.1 cm³/mol. The predicted octanol–water partition coefficient (Wildman–Crippen LogP) is 1.35. The Bertz CT molecular complexity index is 610. The van der Waals surface area contributed by atoms with E-state index >= 15 is 0 Å². The van der Waals surface area contributed by atoms with Crippen molar-refractivity contribution in [3.05, 3.63) is 28.3 Å². The molecule has 0 saturated heterocycles. The summed E-state index contributed by atoms with van der Waals surface area (Å²) in [6.07, 6.45) is 2.54. The molecule has 0 heterocycles. The second-order valence-electron chi connectivity index (χ2n) is 4.59. The first-order chi connectivity index (χ1) is 8.84. The number of nitrogen functional groups attached to an aromatic ring is 1. The normalized spacial score (nSPS) is 16.3. The number of nitrogens with zero attached hydrogens (tertiary/aromatic N) is 2. The minimum absolute atomic E-state index is 0.0777. The van der Waals surface area contributed by atoms with Gasteiger partial charge in [-0.15, -0.1) is 0 Å². The number of nitro groups is 1. The average Bonchev–Trinajstić information content (AvgIpc) is 2.26. The van der Waals surface area contributed by atoms with Crippen LogP contribution in [0.3, 0.4) is 0 Å². The van der Waals surface area contributed by atoms with Gasteiger partial charge in [0.05, 0.1) is 4.92 Å². The first-order valence-corrected chi connectivity index (χ1v) is 7.30. The van der Waals surface area contributed by atoms with Crippen LogP contribution in [-0.2, 0) is 10.0 Å². The van der Waals surface area contributed by atoms with Crippen molar-refractivity contribution in [1.29, 1.82) is 0 Å². The van der Waals surface area contributed by atoms with E-state index in [1.165, 1.54) is 17.4 Å². The molecule has 0 spiro atoms. The van der Waals surface area contributed by atoms with Crippen LogP contribution in [0.1, 0.15) is 19.3 Å². The number of anilines is 1. The van der Waals surface area contributed by atoms with Gasteiger partial charge >= 0.3 is 0 Å². The van der Waals surface area contributed by atoms with E-state index < -0.39 is 20.6 Å². The number of nitrogens with two attached hydrogens (primary N) is 1. The van der Waals surface area contributed by atoms with Gasteiger partial charge in [-0.1, -0.05) is 6.42 Å². The minimum atomic E-state index is -3.89. The van der Waals surface area contributed by atoms with Crippen molar-refractivity contribution in [3.8, 4) is 0 Å². The van der Waals surface area contributed by atoms with E-state index in [2.05, 4.69) is 0 Å². The van der Waals surface area contributed by atoms with E-state index in [-0.39, 0.29) is 16.6 Å². The van der Waals surface area contributed by atoms with Crippen LogP contribution in [0.15, 0.2) is 23.1 Å². The van der Waals surface area contributed by atoms with Crippen LogP contribution in [0.4, 0.5) is 11.4 Å². The van der Waals surface area contributed by atoms with Gasteiger partial charge in [-0.2, -0.15) is 4.31 Å². The molecule has 1 aromatic carbocycles. The van der Waals surface area contributed by atoms with E-state index in [0.29, 0.717) is 0 Å². The quantitative estimate of drug-likeness (QED) is 0.510. The Morgan fingerprint density at radius 1 is 1.42 bits per heavy atom. The summed E-state index contributed by atoms with van der Waals surface area (Å²) < 4.78 is 26.0. The SMILES string of the molecule is CN(C1CCC1)S(=O)(=O)c1cc(N)ccc1[N+](=O)[O-]. The highest BCUT2D eigenvalue weighted by Crippen LogP contribution is 2.33. The van der Waals surface area contributed by atoms with Gasteiger partial charge in [0, 0.05) is 24.8 Å². The van der Waals surface area contributed by atoms with Crippen LogP contribution in [0.2, 0.25) is 0 Å². The molecule has 1 aromatic rings. The zero-order valence-corrected chi connectivity index (χ0v) is 11.3. The van der Waals surface area contributed by atoms with Crippen LogP contribution in [-0.4, -0.2) is 30.7 Å². The van der Waals surface area contributed by atoms with E-state index in [9.17, 15) is 18.5 Å². The Kier molecular flexibility index (Phi) is 3.46. The zero-order valence-electron chi connectivity index (χ0n) is 10.4. The van der Waals surface area contributed by atoms with E-state index in [1.807, 2.05) is 0 Å². The minimum Gasteiger partial charge on any atom is -0.399 e. The highest BCUT2D eigenvalue weighted by atomic mass is 32.2. The van der Waals surface area contributed by atoms with Gasteiger partial charge < -0.3 is 5.73 Å². The van der Waals surface area contributed by atoms with Gasteiger partial charge in [0.2, 0.25) is 10.0 Å². The molecular weight excluding hydrogens is 270 g/mol. The van der Waals surface area contributed by atoms with Crippen molar-refractivity contribution in [3.63, 3.8) is 0 Å². The molecule has 0 atom stereocenters.